The third-order valence-corrected chi connectivity index (χ3v) is 6.82. The molecule has 0 aliphatic heterocycles. The number of hydrogen-bond acceptors (Lipinski definition) is 0. The molecule has 2 heteroatoms. The first kappa shape index (κ1) is 28.2. The van der Waals surface area contributed by atoms with Crippen molar-refractivity contribution in [3.63, 3.8) is 0 Å². The molecule has 31 heavy (non-hydrogen) atoms. The van der Waals surface area contributed by atoms with Crippen molar-refractivity contribution >= 4 is 0 Å². The highest BCUT2D eigenvalue weighted by atomic mass is 15.1. The minimum Gasteiger partial charge on any atom is -0.234 e. The summed E-state index contributed by atoms with van der Waals surface area (Å²) in [4.78, 5) is 0. The third-order valence-electron chi connectivity index (χ3n) is 6.82. The van der Waals surface area contributed by atoms with Crippen molar-refractivity contribution in [1.82, 2.24) is 4.57 Å². The Morgan fingerprint density at radius 3 is 1.48 bits per heavy atom. The van der Waals surface area contributed by atoms with Crippen molar-refractivity contribution in [1.29, 1.82) is 0 Å². The minimum atomic E-state index is 1.22. The van der Waals surface area contributed by atoms with E-state index in [0.29, 0.717) is 0 Å². The maximum atomic E-state index is 2.56. The van der Waals surface area contributed by atoms with E-state index < -0.39 is 0 Å². The summed E-state index contributed by atoms with van der Waals surface area (Å²) in [7, 11) is 0. The maximum Gasteiger partial charge on any atom is 0.256 e. The first-order valence-corrected chi connectivity index (χ1v) is 14.4. The van der Waals surface area contributed by atoms with Gasteiger partial charge in [0.15, 0.2) is 0 Å². The first-order valence-electron chi connectivity index (χ1n) is 14.4. The predicted molar refractivity (Wildman–Crippen MR) is 138 cm³/mol. The van der Waals surface area contributed by atoms with E-state index in [1.54, 1.807) is 5.82 Å². The van der Waals surface area contributed by atoms with Crippen molar-refractivity contribution in [2.24, 2.45) is 0 Å². The Labute approximate surface area is 196 Å². The van der Waals surface area contributed by atoms with Gasteiger partial charge in [0.1, 0.15) is 12.4 Å². The van der Waals surface area contributed by atoms with Gasteiger partial charge < -0.3 is 0 Å². The van der Waals surface area contributed by atoms with E-state index in [0.717, 1.165) is 0 Å². The second-order valence-electron chi connectivity index (χ2n) is 9.86. The van der Waals surface area contributed by atoms with Crippen molar-refractivity contribution in [2.75, 3.05) is 0 Å². The molecule has 1 rings (SSSR count). The fourth-order valence-electron chi connectivity index (χ4n) is 4.78. The van der Waals surface area contributed by atoms with Crippen LogP contribution >= 0.6 is 0 Å². The van der Waals surface area contributed by atoms with Crippen molar-refractivity contribution < 1.29 is 4.57 Å². The monoisotopic (exact) mass is 433 g/mol. The van der Waals surface area contributed by atoms with Crippen LogP contribution in [0.1, 0.15) is 155 Å². The van der Waals surface area contributed by atoms with E-state index in [1.165, 1.54) is 148 Å². The lowest BCUT2D eigenvalue weighted by Crippen LogP contribution is -2.37. The van der Waals surface area contributed by atoms with Gasteiger partial charge in [-0.05, 0) is 32.1 Å². The van der Waals surface area contributed by atoms with Gasteiger partial charge in [0.05, 0.1) is 13.1 Å². The molecule has 0 fully saturated rings. The standard InChI is InChI=1S/C29H57N2/c1-4-7-9-11-13-14-15-16-17-19-21-23-26-31-28-27-30(29(31)24-6-3)25-22-20-18-12-10-8-5-2/h27-28H,4-26H2,1-3H3/q+1. The fourth-order valence-corrected chi connectivity index (χ4v) is 4.78. The van der Waals surface area contributed by atoms with E-state index in [-0.39, 0.29) is 0 Å². The molecule has 0 saturated carbocycles. The quantitative estimate of drug-likeness (QED) is 0.120. The molecule has 0 saturated heterocycles. The molecule has 0 N–H and O–H groups in total. The minimum absolute atomic E-state index is 1.22. The van der Waals surface area contributed by atoms with E-state index in [4.69, 9.17) is 0 Å². The largest absolute Gasteiger partial charge is 0.256 e. The van der Waals surface area contributed by atoms with E-state index in [2.05, 4.69) is 42.3 Å². The number of nitrogens with zero attached hydrogens (tertiary/aromatic N) is 2. The van der Waals surface area contributed by atoms with Crippen LogP contribution in [0.25, 0.3) is 0 Å². The van der Waals surface area contributed by atoms with Gasteiger partial charge in [-0.2, -0.15) is 0 Å². The lowest BCUT2D eigenvalue weighted by Gasteiger charge is -2.06. The molecule has 0 radical (unpaired) electrons. The molecule has 1 aromatic heterocycles. The van der Waals surface area contributed by atoms with Crippen LogP contribution in [0.4, 0.5) is 0 Å². The summed E-state index contributed by atoms with van der Waals surface area (Å²) in [6.45, 7) is 9.36. The molecule has 1 heterocycles. The summed E-state index contributed by atoms with van der Waals surface area (Å²) in [5, 5.41) is 0. The Bertz CT molecular complexity index is 491. The van der Waals surface area contributed by atoms with Crippen molar-refractivity contribution in [3.05, 3.63) is 18.2 Å². The predicted octanol–water partition coefficient (Wildman–Crippen LogP) is 9.18. The number of rotatable bonds is 23. The summed E-state index contributed by atoms with van der Waals surface area (Å²) in [5.41, 5.74) is 0. The maximum absolute atomic E-state index is 2.56. The lowest BCUT2D eigenvalue weighted by atomic mass is 10.1. The molecule has 0 aromatic carbocycles. The van der Waals surface area contributed by atoms with Crippen LogP contribution in [0, 0.1) is 0 Å². The van der Waals surface area contributed by atoms with Crippen molar-refractivity contribution in [3.8, 4) is 0 Å². The van der Waals surface area contributed by atoms with Gasteiger partial charge in [0.2, 0.25) is 0 Å². The zero-order chi connectivity index (χ0) is 22.4. The van der Waals surface area contributed by atoms with Gasteiger partial charge in [0.25, 0.3) is 5.82 Å². The summed E-state index contributed by atoms with van der Waals surface area (Å²) in [6.07, 6.45) is 34.1. The second kappa shape index (κ2) is 21.1. The van der Waals surface area contributed by atoms with E-state index in [9.17, 15) is 0 Å². The summed E-state index contributed by atoms with van der Waals surface area (Å²) in [5.74, 6) is 1.57. The van der Waals surface area contributed by atoms with Crippen molar-refractivity contribution in [2.45, 2.75) is 169 Å². The average Bonchev–Trinajstić information content (AvgIpc) is 3.15. The SMILES string of the molecule is CCCCCCCCCCCCCCn1cc[n+](CCCCCCCCC)c1CCC. The Balaban J connectivity index is 2.12. The molecule has 0 aliphatic carbocycles. The first-order chi connectivity index (χ1) is 15.3. The molecule has 182 valence electrons. The molecule has 0 spiro atoms. The highest BCUT2D eigenvalue weighted by Crippen LogP contribution is 2.13. The summed E-state index contributed by atoms with van der Waals surface area (Å²) < 4.78 is 5.11. The second-order valence-corrected chi connectivity index (χ2v) is 9.86. The van der Waals surface area contributed by atoms with Gasteiger partial charge in [-0.25, -0.2) is 9.13 Å². The van der Waals surface area contributed by atoms with Crippen LogP contribution in [0.15, 0.2) is 12.4 Å². The van der Waals surface area contributed by atoms with Crippen LogP contribution in [0.3, 0.4) is 0 Å². The number of aryl methyl sites for hydroxylation is 2. The number of hydrogen-bond donors (Lipinski definition) is 0. The lowest BCUT2D eigenvalue weighted by molar-refractivity contribution is -0.704. The van der Waals surface area contributed by atoms with Crippen LogP contribution in [0.5, 0.6) is 0 Å². The molecule has 0 unspecified atom stereocenters. The Kier molecular flexibility index (Phi) is 19.2. The zero-order valence-electron chi connectivity index (χ0n) is 21.8. The smallest absolute Gasteiger partial charge is 0.234 e. The molecule has 0 amide bonds. The van der Waals surface area contributed by atoms with Crippen LogP contribution in [0.2, 0.25) is 0 Å². The van der Waals surface area contributed by atoms with Gasteiger partial charge in [-0.3, -0.25) is 0 Å². The fraction of sp³-hybridized carbons (Fsp3) is 0.897. The third kappa shape index (κ3) is 14.8. The molecular formula is C29H57N2+. The van der Waals surface area contributed by atoms with Gasteiger partial charge in [-0.15, -0.1) is 0 Å². The summed E-state index contributed by atoms with van der Waals surface area (Å²) >= 11 is 0. The average molecular weight is 434 g/mol. The number of imidazole rings is 1. The highest BCUT2D eigenvalue weighted by molar-refractivity contribution is 4.84. The summed E-state index contributed by atoms with van der Waals surface area (Å²) in [6, 6.07) is 0. The van der Waals surface area contributed by atoms with Crippen LogP contribution in [-0.2, 0) is 19.5 Å². The Morgan fingerprint density at radius 1 is 0.548 bits per heavy atom. The molecule has 0 bridgehead atoms. The molecule has 0 aliphatic rings. The normalized spacial score (nSPS) is 11.5. The number of unbranched alkanes of at least 4 members (excludes halogenated alkanes) is 17. The Morgan fingerprint density at radius 2 is 1.00 bits per heavy atom. The van der Waals surface area contributed by atoms with Crippen LogP contribution in [-0.4, -0.2) is 4.57 Å². The highest BCUT2D eigenvalue weighted by Gasteiger charge is 2.15. The Hall–Kier alpha value is -0.790. The molecule has 1 aromatic rings. The number of aromatic nitrogens is 2. The van der Waals surface area contributed by atoms with Gasteiger partial charge in [0, 0.05) is 6.42 Å². The van der Waals surface area contributed by atoms with Gasteiger partial charge >= 0.3 is 0 Å². The van der Waals surface area contributed by atoms with E-state index in [1.807, 2.05) is 0 Å². The van der Waals surface area contributed by atoms with E-state index >= 15 is 0 Å². The zero-order valence-corrected chi connectivity index (χ0v) is 21.8. The van der Waals surface area contributed by atoms with Gasteiger partial charge in [-0.1, -0.05) is 117 Å². The topological polar surface area (TPSA) is 8.81 Å². The molecule has 0 atom stereocenters. The molecule has 2 nitrogen and oxygen atoms in total. The van der Waals surface area contributed by atoms with Crippen LogP contribution < -0.4 is 4.57 Å². The molecular weight excluding hydrogens is 376 g/mol.